The summed E-state index contributed by atoms with van der Waals surface area (Å²) >= 11 is 0. The van der Waals surface area contributed by atoms with Crippen LogP contribution in [0.25, 0.3) is 0 Å². The molecule has 0 amide bonds. The van der Waals surface area contributed by atoms with Crippen LogP contribution in [0, 0.1) is 10.1 Å². The fourth-order valence-corrected chi connectivity index (χ4v) is 2.67. The molecule has 156 valence electrons. The molecular weight excluding hydrogens is 372 g/mol. The molecule has 0 saturated carbocycles. The number of nitro benzene ring substituents is 1. The summed E-state index contributed by atoms with van der Waals surface area (Å²) in [5, 5.41) is 17.4. The highest BCUT2D eigenvalue weighted by molar-refractivity contribution is 5.79. The van der Waals surface area contributed by atoms with E-state index in [1.165, 1.54) is 12.1 Å². The van der Waals surface area contributed by atoms with E-state index in [0.29, 0.717) is 30.5 Å². The number of benzene rings is 2. The largest absolute Gasteiger partial charge is 0.493 e. The summed E-state index contributed by atoms with van der Waals surface area (Å²) in [5.41, 5.74) is 2.11. The van der Waals surface area contributed by atoms with Crippen LogP contribution in [0.3, 0.4) is 0 Å². The van der Waals surface area contributed by atoms with Gasteiger partial charge in [0.1, 0.15) is 0 Å². The zero-order valence-electron chi connectivity index (χ0n) is 17.1. The molecule has 29 heavy (non-hydrogen) atoms. The maximum absolute atomic E-state index is 10.8. The molecule has 8 heteroatoms. The van der Waals surface area contributed by atoms with Crippen molar-refractivity contribution in [2.75, 3.05) is 27.3 Å². The van der Waals surface area contributed by atoms with Crippen molar-refractivity contribution in [2.24, 2.45) is 4.99 Å². The highest BCUT2D eigenvalue weighted by Gasteiger charge is 2.06. The SMILES string of the molecule is CCCNC(=NCc1ccc([N+](=O)[O-])cc1)NCCc1ccc(OC)c(OC)c1. The molecule has 2 aromatic carbocycles. The van der Waals surface area contributed by atoms with E-state index in [0.717, 1.165) is 30.5 Å². The number of hydrogen-bond donors (Lipinski definition) is 2. The van der Waals surface area contributed by atoms with Gasteiger partial charge in [-0.25, -0.2) is 4.99 Å². The number of guanidine groups is 1. The molecule has 0 heterocycles. The Hall–Kier alpha value is -3.29. The lowest BCUT2D eigenvalue weighted by atomic mass is 10.1. The van der Waals surface area contributed by atoms with Gasteiger partial charge in [0.25, 0.3) is 5.69 Å². The van der Waals surface area contributed by atoms with Gasteiger partial charge in [-0.2, -0.15) is 0 Å². The third-order valence-corrected chi connectivity index (χ3v) is 4.26. The minimum absolute atomic E-state index is 0.0788. The first-order valence-electron chi connectivity index (χ1n) is 9.53. The molecule has 0 aromatic heterocycles. The minimum Gasteiger partial charge on any atom is -0.493 e. The summed E-state index contributed by atoms with van der Waals surface area (Å²) in [7, 11) is 3.24. The number of nitrogens with zero attached hydrogens (tertiary/aromatic N) is 2. The fraction of sp³-hybridized carbons (Fsp3) is 0.381. The molecular formula is C21H28N4O4. The highest BCUT2D eigenvalue weighted by Crippen LogP contribution is 2.27. The maximum atomic E-state index is 10.8. The van der Waals surface area contributed by atoms with Crippen molar-refractivity contribution in [3.8, 4) is 11.5 Å². The van der Waals surface area contributed by atoms with Crippen LogP contribution in [0.1, 0.15) is 24.5 Å². The lowest BCUT2D eigenvalue weighted by Crippen LogP contribution is -2.38. The first-order chi connectivity index (χ1) is 14.1. The first kappa shape index (κ1) is 22.0. The second-order valence-corrected chi connectivity index (χ2v) is 6.38. The van der Waals surface area contributed by atoms with E-state index in [1.807, 2.05) is 18.2 Å². The zero-order valence-corrected chi connectivity index (χ0v) is 17.1. The average molecular weight is 400 g/mol. The number of nitro groups is 1. The number of methoxy groups -OCH3 is 2. The Bertz CT molecular complexity index is 822. The molecule has 0 radical (unpaired) electrons. The van der Waals surface area contributed by atoms with Gasteiger partial charge in [-0.3, -0.25) is 10.1 Å². The molecule has 0 spiro atoms. The molecule has 2 rings (SSSR count). The Morgan fingerprint density at radius 1 is 1.00 bits per heavy atom. The zero-order chi connectivity index (χ0) is 21.1. The number of hydrogen-bond acceptors (Lipinski definition) is 5. The number of nitrogens with one attached hydrogen (secondary N) is 2. The summed E-state index contributed by atoms with van der Waals surface area (Å²) in [6, 6.07) is 12.3. The average Bonchev–Trinajstić information content (AvgIpc) is 2.75. The van der Waals surface area contributed by atoms with E-state index < -0.39 is 4.92 Å². The Morgan fingerprint density at radius 2 is 1.66 bits per heavy atom. The molecule has 0 unspecified atom stereocenters. The van der Waals surface area contributed by atoms with E-state index in [1.54, 1.807) is 26.4 Å². The number of rotatable bonds is 10. The third kappa shape index (κ3) is 6.99. The van der Waals surface area contributed by atoms with Gasteiger partial charge in [0.05, 0.1) is 25.7 Å². The summed E-state index contributed by atoms with van der Waals surface area (Å²) < 4.78 is 10.6. The summed E-state index contributed by atoms with van der Waals surface area (Å²) in [4.78, 5) is 14.9. The fourth-order valence-electron chi connectivity index (χ4n) is 2.67. The van der Waals surface area contributed by atoms with E-state index in [4.69, 9.17) is 9.47 Å². The Labute approximate surface area is 171 Å². The number of ether oxygens (including phenoxy) is 2. The van der Waals surface area contributed by atoms with Gasteiger partial charge in [-0.1, -0.05) is 25.1 Å². The van der Waals surface area contributed by atoms with E-state index in [-0.39, 0.29) is 5.69 Å². The van der Waals surface area contributed by atoms with Crippen molar-refractivity contribution < 1.29 is 14.4 Å². The lowest BCUT2D eigenvalue weighted by Gasteiger charge is -2.13. The third-order valence-electron chi connectivity index (χ3n) is 4.26. The molecule has 0 aliphatic rings. The lowest BCUT2D eigenvalue weighted by molar-refractivity contribution is -0.384. The van der Waals surface area contributed by atoms with Gasteiger partial charge >= 0.3 is 0 Å². The van der Waals surface area contributed by atoms with Crippen molar-refractivity contribution in [2.45, 2.75) is 26.3 Å². The van der Waals surface area contributed by atoms with E-state index in [9.17, 15) is 10.1 Å². The van der Waals surface area contributed by atoms with Crippen molar-refractivity contribution in [3.63, 3.8) is 0 Å². The molecule has 8 nitrogen and oxygen atoms in total. The van der Waals surface area contributed by atoms with Crippen LogP contribution in [0.5, 0.6) is 11.5 Å². The van der Waals surface area contributed by atoms with Crippen LogP contribution in [0.15, 0.2) is 47.5 Å². The number of non-ortho nitro benzene ring substituents is 1. The van der Waals surface area contributed by atoms with Crippen molar-refractivity contribution >= 4 is 11.6 Å². The molecule has 2 N–H and O–H groups in total. The molecule has 0 fully saturated rings. The Kier molecular flexibility index (Phi) is 8.75. The quantitative estimate of drug-likeness (QED) is 0.275. The summed E-state index contributed by atoms with van der Waals surface area (Å²) in [6.45, 7) is 4.03. The van der Waals surface area contributed by atoms with Crippen LogP contribution in [-0.4, -0.2) is 38.2 Å². The molecule has 0 bridgehead atoms. The molecule has 2 aromatic rings. The van der Waals surface area contributed by atoms with E-state index >= 15 is 0 Å². The van der Waals surface area contributed by atoms with Gasteiger partial charge in [-0.05, 0) is 36.1 Å². The molecule has 0 aliphatic carbocycles. The van der Waals surface area contributed by atoms with Gasteiger partial charge in [0, 0.05) is 25.2 Å². The van der Waals surface area contributed by atoms with Gasteiger partial charge in [0.15, 0.2) is 17.5 Å². The summed E-state index contributed by atoms with van der Waals surface area (Å²) in [5.74, 6) is 2.13. The normalized spacial score (nSPS) is 11.1. The minimum atomic E-state index is -0.406. The maximum Gasteiger partial charge on any atom is 0.269 e. The summed E-state index contributed by atoms with van der Waals surface area (Å²) in [6.07, 6.45) is 1.78. The van der Waals surface area contributed by atoms with Crippen LogP contribution in [0.2, 0.25) is 0 Å². The number of aliphatic imine (C=N–C) groups is 1. The second-order valence-electron chi connectivity index (χ2n) is 6.38. The van der Waals surface area contributed by atoms with Crippen LogP contribution < -0.4 is 20.1 Å². The molecule has 0 aliphatic heterocycles. The van der Waals surface area contributed by atoms with Crippen molar-refractivity contribution in [1.82, 2.24) is 10.6 Å². The van der Waals surface area contributed by atoms with Crippen molar-refractivity contribution in [3.05, 3.63) is 63.7 Å². The van der Waals surface area contributed by atoms with Gasteiger partial charge < -0.3 is 20.1 Å². The molecule has 0 atom stereocenters. The molecule has 0 saturated heterocycles. The van der Waals surface area contributed by atoms with Crippen LogP contribution >= 0.6 is 0 Å². The smallest absolute Gasteiger partial charge is 0.269 e. The monoisotopic (exact) mass is 400 g/mol. The second kappa shape index (κ2) is 11.5. The van der Waals surface area contributed by atoms with Crippen LogP contribution in [0.4, 0.5) is 5.69 Å². The predicted molar refractivity (Wildman–Crippen MR) is 114 cm³/mol. The first-order valence-corrected chi connectivity index (χ1v) is 9.53. The highest BCUT2D eigenvalue weighted by atomic mass is 16.6. The van der Waals surface area contributed by atoms with Gasteiger partial charge in [-0.15, -0.1) is 0 Å². The van der Waals surface area contributed by atoms with Crippen molar-refractivity contribution in [1.29, 1.82) is 0 Å². The van der Waals surface area contributed by atoms with Gasteiger partial charge in [0.2, 0.25) is 0 Å². The Morgan fingerprint density at radius 3 is 2.28 bits per heavy atom. The topological polar surface area (TPSA) is 98.0 Å². The standard InChI is InChI=1S/C21H28N4O4/c1-4-12-22-21(24-15-17-5-8-18(9-6-17)25(26)27)23-13-11-16-7-10-19(28-2)20(14-16)29-3/h5-10,14H,4,11-13,15H2,1-3H3,(H2,22,23,24). The van der Waals surface area contributed by atoms with Crippen LogP contribution in [-0.2, 0) is 13.0 Å². The Balaban J connectivity index is 1.95. The van der Waals surface area contributed by atoms with E-state index in [2.05, 4.69) is 22.5 Å². The predicted octanol–water partition coefficient (Wildman–Crippen LogP) is 3.30.